The second kappa shape index (κ2) is 4.67. The number of hydrogen-bond donors (Lipinski definition) is 0. The predicted octanol–water partition coefficient (Wildman–Crippen LogP) is 2.76. The number of benzene rings is 1. The standard InChI is InChI=1S/C15H14ClN3O2S/c16-13-12-14(18-10-17-13)19(9-15(12)7-4-8-15)22(20,21)11-5-2-1-3-6-11/h1-3,5-6,10H,4,7-9H2. The molecule has 22 heavy (non-hydrogen) atoms. The Labute approximate surface area is 134 Å². The maximum absolute atomic E-state index is 13.0. The van der Waals surface area contributed by atoms with Crippen molar-refractivity contribution in [2.45, 2.75) is 29.6 Å². The largest absolute Gasteiger partial charge is 0.265 e. The number of rotatable bonds is 2. The number of nitrogens with zero attached hydrogens (tertiary/aromatic N) is 3. The minimum absolute atomic E-state index is 0.213. The van der Waals surface area contributed by atoms with E-state index < -0.39 is 10.0 Å². The lowest BCUT2D eigenvalue weighted by Crippen LogP contribution is -2.41. The van der Waals surface area contributed by atoms with Crippen molar-refractivity contribution >= 4 is 27.4 Å². The van der Waals surface area contributed by atoms with Crippen molar-refractivity contribution in [1.82, 2.24) is 9.97 Å². The van der Waals surface area contributed by atoms with Gasteiger partial charge in [-0.15, -0.1) is 0 Å². The highest BCUT2D eigenvalue weighted by molar-refractivity contribution is 7.92. The van der Waals surface area contributed by atoms with Gasteiger partial charge < -0.3 is 0 Å². The second-order valence-electron chi connectivity index (χ2n) is 5.82. The van der Waals surface area contributed by atoms with E-state index in [1.807, 2.05) is 0 Å². The number of anilines is 1. The van der Waals surface area contributed by atoms with Crippen LogP contribution in [0.2, 0.25) is 5.15 Å². The number of halogens is 1. The molecule has 7 heteroatoms. The van der Waals surface area contributed by atoms with E-state index in [-0.39, 0.29) is 10.3 Å². The van der Waals surface area contributed by atoms with Crippen molar-refractivity contribution in [3.05, 3.63) is 47.4 Å². The third-order valence-electron chi connectivity index (χ3n) is 4.64. The molecule has 0 saturated heterocycles. The molecule has 0 atom stereocenters. The fourth-order valence-electron chi connectivity index (χ4n) is 3.36. The zero-order chi connectivity index (χ0) is 15.4. The Kier molecular flexibility index (Phi) is 2.96. The molecule has 2 heterocycles. The fourth-order valence-corrected chi connectivity index (χ4v) is 5.23. The molecule has 0 amide bonds. The minimum Gasteiger partial charge on any atom is -0.248 e. The van der Waals surface area contributed by atoms with Gasteiger partial charge in [-0.25, -0.2) is 22.7 Å². The average molecular weight is 336 g/mol. The van der Waals surface area contributed by atoms with Gasteiger partial charge in [-0.1, -0.05) is 36.2 Å². The summed E-state index contributed by atoms with van der Waals surface area (Å²) in [7, 11) is -3.63. The van der Waals surface area contributed by atoms with Gasteiger partial charge in [0.15, 0.2) is 5.82 Å². The fraction of sp³-hybridized carbons (Fsp3) is 0.333. The summed E-state index contributed by atoms with van der Waals surface area (Å²) in [6.07, 6.45) is 4.25. The van der Waals surface area contributed by atoms with Gasteiger partial charge in [-0.2, -0.15) is 0 Å². The van der Waals surface area contributed by atoms with E-state index in [9.17, 15) is 8.42 Å². The zero-order valence-corrected chi connectivity index (χ0v) is 13.3. The molecule has 0 bridgehead atoms. The molecule has 0 unspecified atom stereocenters. The Morgan fingerprint density at radius 3 is 2.50 bits per heavy atom. The molecule has 1 spiro atoms. The van der Waals surface area contributed by atoms with Crippen LogP contribution in [0.1, 0.15) is 24.8 Å². The van der Waals surface area contributed by atoms with Gasteiger partial charge in [-0.05, 0) is 25.0 Å². The Morgan fingerprint density at radius 2 is 1.86 bits per heavy atom. The molecule has 0 N–H and O–H groups in total. The molecule has 1 aromatic heterocycles. The van der Waals surface area contributed by atoms with E-state index in [0.717, 1.165) is 24.8 Å². The van der Waals surface area contributed by atoms with Gasteiger partial charge in [0.2, 0.25) is 0 Å². The van der Waals surface area contributed by atoms with Gasteiger partial charge in [0.25, 0.3) is 10.0 Å². The molecular weight excluding hydrogens is 322 g/mol. The normalized spacial score (nSPS) is 19.0. The quantitative estimate of drug-likeness (QED) is 0.792. The second-order valence-corrected chi connectivity index (χ2v) is 8.04. The summed E-state index contributed by atoms with van der Waals surface area (Å²) in [5.41, 5.74) is 0.581. The summed E-state index contributed by atoms with van der Waals surface area (Å²) in [4.78, 5) is 8.54. The van der Waals surface area contributed by atoms with Crippen molar-refractivity contribution in [3.8, 4) is 0 Å². The van der Waals surface area contributed by atoms with Gasteiger partial charge in [-0.3, -0.25) is 0 Å². The zero-order valence-electron chi connectivity index (χ0n) is 11.7. The molecule has 1 aromatic carbocycles. The van der Waals surface area contributed by atoms with E-state index in [1.165, 1.54) is 10.6 Å². The molecule has 1 aliphatic carbocycles. The van der Waals surface area contributed by atoms with Gasteiger partial charge >= 0.3 is 0 Å². The van der Waals surface area contributed by atoms with Crippen molar-refractivity contribution in [1.29, 1.82) is 0 Å². The van der Waals surface area contributed by atoms with Gasteiger partial charge in [0, 0.05) is 17.5 Å². The smallest absolute Gasteiger partial charge is 0.248 e. The Bertz CT molecular complexity index is 835. The first-order valence-corrected chi connectivity index (χ1v) is 8.95. The Morgan fingerprint density at radius 1 is 1.14 bits per heavy atom. The van der Waals surface area contributed by atoms with Crippen LogP contribution in [0.4, 0.5) is 5.82 Å². The van der Waals surface area contributed by atoms with E-state index in [2.05, 4.69) is 9.97 Å². The Hall–Kier alpha value is -1.66. The van der Waals surface area contributed by atoms with Crippen LogP contribution in [0.25, 0.3) is 0 Å². The van der Waals surface area contributed by atoms with E-state index in [1.54, 1.807) is 30.3 Å². The number of aromatic nitrogens is 2. The van der Waals surface area contributed by atoms with Crippen molar-refractivity contribution < 1.29 is 8.42 Å². The topological polar surface area (TPSA) is 63.2 Å². The number of hydrogen-bond acceptors (Lipinski definition) is 4. The molecule has 2 aromatic rings. The van der Waals surface area contributed by atoms with Crippen LogP contribution in [0.3, 0.4) is 0 Å². The molecule has 0 radical (unpaired) electrons. The van der Waals surface area contributed by atoms with E-state index >= 15 is 0 Å². The lowest BCUT2D eigenvalue weighted by Gasteiger charge is -2.38. The SMILES string of the molecule is O=S(=O)(c1ccccc1)N1CC2(CCC2)c2c(Cl)ncnc21. The van der Waals surface area contributed by atoms with Crippen molar-refractivity contribution in [2.24, 2.45) is 0 Å². The molecule has 2 aliphatic rings. The summed E-state index contributed by atoms with van der Waals surface area (Å²) < 4.78 is 27.3. The Balaban J connectivity index is 1.88. The molecule has 1 fully saturated rings. The van der Waals surface area contributed by atoms with Crippen LogP contribution >= 0.6 is 11.6 Å². The third kappa shape index (κ3) is 1.80. The highest BCUT2D eigenvalue weighted by Crippen LogP contribution is 2.54. The average Bonchev–Trinajstić information content (AvgIpc) is 2.86. The summed E-state index contributed by atoms with van der Waals surface area (Å²) in [5, 5.41) is 0.371. The first-order valence-electron chi connectivity index (χ1n) is 7.13. The molecule has 5 nitrogen and oxygen atoms in total. The van der Waals surface area contributed by atoms with Crippen LogP contribution in [-0.4, -0.2) is 24.9 Å². The van der Waals surface area contributed by atoms with Crippen molar-refractivity contribution in [2.75, 3.05) is 10.8 Å². The van der Waals surface area contributed by atoms with Gasteiger partial charge in [0.05, 0.1) is 4.90 Å². The highest BCUT2D eigenvalue weighted by Gasteiger charge is 2.52. The first-order chi connectivity index (χ1) is 10.5. The van der Waals surface area contributed by atoms with Gasteiger partial charge in [0.1, 0.15) is 11.5 Å². The van der Waals surface area contributed by atoms with E-state index in [0.29, 0.717) is 17.5 Å². The predicted molar refractivity (Wildman–Crippen MR) is 83.5 cm³/mol. The maximum atomic E-state index is 13.0. The van der Waals surface area contributed by atoms with Crippen LogP contribution in [0.5, 0.6) is 0 Å². The minimum atomic E-state index is -3.63. The number of sulfonamides is 1. The molecule has 114 valence electrons. The summed E-state index contributed by atoms with van der Waals surface area (Å²) in [6, 6.07) is 8.43. The lowest BCUT2D eigenvalue weighted by atomic mass is 9.66. The first kappa shape index (κ1) is 14.0. The third-order valence-corrected chi connectivity index (χ3v) is 6.67. The van der Waals surface area contributed by atoms with Crippen LogP contribution in [0, 0.1) is 0 Å². The summed E-state index contributed by atoms with van der Waals surface area (Å²) in [6.45, 7) is 0.401. The number of fused-ring (bicyclic) bond motifs is 2. The molecule has 4 rings (SSSR count). The summed E-state index contributed by atoms with van der Waals surface area (Å²) in [5.74, 6) is 0.434. The van der Waals surface area contributed by atoms with Crippen LogP contribution in [-0.2, 0) is 15.4 Å². The molecule has 1 saturated carbocycles. The monoisotopic (exact) mass is 335 g/mol. The van der Waals surface area contributed by atoms with Crippen molar-refractivity contribution in [3.63, 3.8) is 0 Å². The van der Waals surface area contributed by atoms with E-state index in [4.69, 9.17) is 11.6 Å². The molecular formula is C15H14ClN3O2S. The van der Waals surface area contributed by atoms with Crippen LogP contribution in [0.15, 0.2) is 41.6 Å². The maximum Gasteiger partial charge on any atom is 0.265 e. The highest BCUT2D eigenvalue weighted by atomic mass is 35.5. The lowest BCUT2D eigenvalue weighted by molar-refractivity contribution is 0.267. The summed E-state index contributed by atoms with van der Waals surface area (Å²) >= 11 is 6.26. The molecule has 1 aliphatic heterocycles. The van der Waals surface area contributed by atoms with Crippen LogP contribution < -0.4 is 4.31 Å².